The molecule has 0 radical (unpaired) electrons. The minimum absolute atomic E-state index is 0.0788. The Morgan fingerprint density at radius 3 is 2.65 bits per heavy atom. The average molecular weight is 435 g/mol. The van der Waals surface area contributed by atoms with Crippen LogP contribution in [0, 0.1) is 0 Å². The SMILES string of the molecule is CC(C)(C)OC(=O)N1[C@H](C[O][Tl])CCC1(C)O. The molecule has 5 nitrogen and oxygen atoms in total. The van der Waals surface area contributed by atoms with Crippen LogP contribution in [0.3, 0.4) is 0 Å². The van der Waals surface area contributed by atoms with Crippen molar-refractivity contribution in [3.05, 3.63) is 0 Å². The molecule has 0 saturated carbocycles. The Hall–Kier alpha value is 0.112. The zero-order valence-electron chi connectivity index (χ0n) is 10.9. The number of hydrogen-bond donors (Lipinski definition) is 1. The van der Waals surface area contributed by atoms with Gasteiger partial charge in [-0.1, -0.05) is 0 Å². The van der Waals surface area contributed by atoms with Crippen LogP contribution in [0.1, 0.15) is 40.5 Å². The first kappa shape index (κ1) is 15.2. The summed E-state index contributed by atoms with van der Waals surface area (Å²) in [5.74, 6) is 0. The summed E-state index contributed by atoms with van der Waals surface area (Å²) in [7, 11) is 0. The van der Waals surface area contributed by atoms with Gasteiger partial charge in [0.2, 0.25) is 0 Å². The summed E-state index contributed by atoms with van der Waals surface area (Å²) in [5.41, 5.74) is -1.68. The van der Waals surface area contributed by atoms with Crippen LogP contribution in [0.25, 0.3) is 0 Å². The molecule has 0 aromatic heterocycles. The predicted molar refractivity (Wildman–Crippen MR) is 63.4 cm³/mol. The second kappa shape index (κ2) is 5.40. The van der Waals surface area contributed by atoms with Crippen LogP contribution in [0.2, 0.25) is 0 Å². The maximum atomic E-state index is 12.1. The van der Waals surface area contributed by atoms with Gasteiger partial charge >= 0.3 is 119 Å². The number of hydrogen-bond acceptors (Lipinski definition) is 4. The molecule has 1 heterocycles. The van der Waals surface area contributed by atoms with Crippen LogP contribution in [0.4, 0.5) is 4.79 Å². The standard InChI is InChI=1S/C11H20NO4.Tl/c1-10(2,3)16-9(14)12-8(7-13)5-6-11(12,4)15;/h8,15H,5-7H2,1-4H3;/q-1;+1/t8-,11?;/m0./s1. The van der Waals surface area contributed by atoms with Crippen molar-refractivity contribution >= 4 is 32.3 Å². The van der Waals surface area contributed by atoms with Crippen molar-refractivity contribution in [3.63, 3.8) is 0 Å². The van der Waals surface area contributed by atoms with Gasteiger partial charge in [-0.15, -0.1) is 0 Å². The molecule has 0 spiro atoms. The Kier molecular flexibility index (Phi) is 4.82. The molecule has 1 unspecified atom stereocenters. The van der Waals surface area contributed by atoms with Crippen LogP contribution in [-0.4, -0.2) is 66.3 Å². The molecule has 0 aromatic rings. The summed E-state index contributed by atoms with van der Waals surface area (Å²) in [6.45, 7) is 7.58. The molecule has 1 fully saturated rings. The van der Waals surface area contributed by atoms with Crippen LogP contribution in [0.15, 0.2) is 0 Å². The van der Waals surface area contributed by atoms with Gasteiger partial charge in [0.1, 0.15) is 0 Å². The monoisotopic (exact) mass is 435 g/mol. The third-order valence-corrected chi connectivity index (χ3v) is 3.46. The fourth-order valence-corrected chi connectivity index (χ4v) is 2.87. The zero-order valence-corrected chi connectivity index (χ0v) is 15.4. The summed E-state index contributed by atoms with van der Waals surface area (Å²) in [5, 5.41) is 10.2. The van der Waals surface area contributed by atoms with Gasteiger partial charge in [-0.05, 0) is 0 Å². The van der Waals surface area contributed by atoms with Gasteiger partial charge in [-0.3, -0.25) is 0 Å². The first-order valence-corrected chi connectivity index (χ1v) is 7.57. The molecular weight excluding hydrogens is 415 g/mol. The zero-order chi connectivity index (χ0) is 13.3. The van der Waals surface area contributed by atoms with E-state index in [9.17, 15) is 9.90 Å². The molecule has 6 heteroatoms. The Labute approximate surface area is 119 Å². The quantitative estimate of drug-likeness (QED) is 0.664. The maximum absolute atomic E-state index is 12.1. The molecular formula is C11H20NO4Tl. The van der Waals surface area contributed by atoms with E-state index in [0.717, 1.165) is 6.42 Å². The summed E-state index contributed by atoms with van der Waals surface area (Å²) >= 11 is 0.436. The molecule has 96 valence electrons. The Morgan fingerprint density at radius 2 is 2.18 bits per heavy atom. The van der Waals surface area contributed by atoms with Crippen LogP contribution < -0.4 is 0 Å². The van der Waals surface area contributed by atoms with Crippen LogP contribution >= 0.6 is 0 Å². The van der Waals surface area contributed by atoms with E-state index >= 15 is 0 Å². The number of aliphatic hydroxyl groups is 1. The van der Waals surface area contributed by atoms with Gasteiger partial charge in [0.05, 0.1) is 0 Å². The fourth-order valence-electron chi connectivity index (χ4n) is 2.01. The number of carbonyl (C=O) groups excluding carboxylic acids is 1. The molecule has 0 aliphatic carbocycles. The van der Waals surface area contributed by atoms with E-state index in [1.54, 1.807) is 6.92 Å². The van der Waals surface area contributed by atoms with E-state index in [2.05, 4.69) is 0 Å². The number of nitrogens with zero attached hydrogens (tertiary/aromatic N) is 1. The van der Waals surface area contributed by atoms with Crippen molar-refractivity contribution in [2.45, 2.75) is 57.9 Å². The molecule has 2 atom stereocenters. The second-order valence-corrected chi connectivity index (χ2v) is 6.89. The number of rotatable bonds is 2. The Balaban J connectivity index is 2.79. The number of amides is 1. The third kappa shape index (κ3) is 4.06. The minimum atomic E-state index is -1.13. The third-order valence-electron chi connectivity index (χ3n) is 2.71. The molecule has 1 rings (SSSR count). The molecule has 1 aliphatic rings. The molecule has 0 aromatic carbocycles. The molecule has 1 aliphatic heterocycles. The fraction of sp³-hybridized carbons (Fsp3) is 0.909. The van der Waals surface area contributed by atoms with Gasteiger partial charge in [0.15, 0.2) is 0 Å². The van der Waals surface area contributed by atoms with Crippen molar-refractivity contribution in [1.82, 2.24) is 4.90 Å². The van der Waals surface area contributed by atoms with Gasteiger partial charge in [-0.2, -0.15) is 0 Å². The summed E-state index contributed by atoms with van der Waals surface area (Å²) < 4.78 is 10.6. The molecule has 1 saturated heterocycles. The van der Waals surface area contributed by atoms with Crippen LogP contribution in [-0.2, 0) is 7.42 Å². The molecule has 1 amide bonds. The van der Waals surface area contributed by atoms with Crippen molar-refractivity contribution in [2.75, 3.05) is 6.61 Å². The summed E-state index contributed by atoms with van der Waals surface area (Å²) in [4.78, 5) is 13.5. The van der Waals surface area contributed by atoms with E-state index in [1.807, 2.05) is 20.8 Å². The van der Waals surface area contributed by atoms with Gasteiger partial charge in [0, 0.05) is 0 Å². The summed E-state index contributed by atoms with van der Waals surface area (Å²) in [6.07, 6.45) is 0.844. The normalized spacial score (nSPS) is 29.4. The van der Waals surface area contributed by atoms with Gasteiger partial charge in [0.25, 0.3) is 0 Å². The topological polar surface area (TPSA) is 59.0 Å². The van der Waals surface area contributed by atoms with Crippen molar-refractivity contribution in [2.24, 2.45) is 0 Å². The van der Waals surface area contributed by atoms with E-state index in [0.29, 0.717) is 39.2 Å². The van der Waals surface area contributed by atoms with E-state index in [4.69, 9.17) is 7.42 Å². The van der Waals surface area contributed by atoms with Crippen molar-refractivity contribution in [1.29, 1.82) is 0 Å². The first-order valence-electron chi connectivity index (χ1n) is 5.74. The predicted octanol–water partition coefficient (Wildman–Crippen LogP) is 1.19. The molecule has 17 heavy (non-hydrogen) atoms. The van der Waals surface area contributed by atoms with Crippen molar-refractivity contribution in [3.8, 4) is 0 Å². The molecule has 1 N–H and O–H groups in total. The van der Waals surface area contributed by atoms with Gasteiger partial charge in [-0.25, -0.2) is 0 Å². The van der Waals surface area contributed by atoms with Crippen LogP contribution in [0.5, 0.6) is 0 Å². The molecule has 0 bridgehead atoms. The first-order chi connectivity index (χ1) is 7.67. The Morgan fingerprint density at radius 1 is 1.59 bits per heavy atom. The van der Waals surface area contributed by atoms with Crippen molar-refractivity contribution < 1.29 is 17.3 Å². The average Bonchev–Trinajstić information content (AvgIpc) is 2.39. The Bertz CT molecular complexity index is 288. The number of carbonyl (C=O) groups is 1. The summed E-state index contributed by atoms with van der Waals surface area (Å²) in [6, 6.07) is -0.0788. The van der Waals surface area contributed by atoms with E-state index in [-0.39, 0.29) is 6.04 Å². The second-order valence-electron chi connectivity index (χ2n) is 5.59. The van der Waals surface area contributed by atoms with Gasteiger partial charge < -0.3 is 0 Å². The number of likely N-dealkylation sites (tertiary alicyclic amines) is 1. The number of ether oxygens (including phenoxy) is 1. The van der Waals surface area contributed by atoms with E-state index < -0.39 is 17.4 Å². The van der Waals surface area contributed by atoms with E-state index in [1.165, 1.54) is 4.90 Å².